The average Bonchev–Trinajstić information content (AvgIpc) is 2.52. The lowest BCUT2D eigenvalue weighted by atomic mass is 9.90. The summed E-state index contributed by atoms with van der Waals surface area (Å²) in [5, 5.41) is 0. The number of unbranched alkanes of at least 4 members (excludes halogenated alkanes) is 2. The molecule has 1 aliphatic heterocycles. The summed E-state index contributed by atoms with van der Waals surface area (Å²) in [7, 11) is 0. The number of rotatable bonds is 6. The number of nitrogens with zero attached hydrogens (tertiary/aromatic N) is 2. The van der Waals surface area contributed by atoms with E-state index in [0.717, 1.165) is 36.9 Å². The maximum atomic E-state index is 12.5. The highest BCUT2D eigenvalue weighted by molar-refractivity contribution is 5.98. The molecule has 2 heterocycles. The van der Waals surface area contributed by atoms with Crippen LogP contribution < -0.4 is 0 Å². The standard InChI is InChI=1S/C18H26N2O2/c1-5-7-8-11-20-14(4)16-12-19-10-9-15(16)13(3)17(20)18(21)22-6-2/h9-10,12,14H,5-8,11H2,1-4H3. The average molecular weight is 302 g/mol. The van der Waals surface area contributed by atoms with Gasteiger partial charge in [-0.3, -0.25) is 4.98 Å². The molecule has 1 unspecified atom stereocenters. The van der Waals surface area contributed by atoms with Gasteiger partial charge < -0.3 is 9.64 Å². The van der Waals surface area contributed by atoms with Crippen molar-refractivity contribution < 1.29 is 9.53 Å². The van der Waals surface area contributed by atoms with E-state index in [0.29, 0.717) is 12.3 Å². The molecule has 0 N–H and O–H groups in total. The van der Waals surface area contributed by atoms with Crippen LogP contribution in [-0.4, -0.2) is 29.0 Å². The molecular formula is C18H26N2O2. The van der Waals surface area contributed by atoms with Gasteiger partial charge in [0.05, 0.1) is 12.6 Å². The predicted octanol–water partition coefficient (Wildman–Crippen LogP) is 3.94. The maximum Gasteiger partial charge on any atom is 0.354 e. The molecule has 1 aromatic heterocycles. The number of carbonyl (C=O) groups excluding carboxylic acids is 1. The fourth-order valence-corrected chi connectivity index (χ4v) is 3.09. The summed E-state index contributed by atoms with van der Waals surface area (Å²) >= 11 is 0. The topological polar surface area (TPSA) is 42.4 Å². The number of hydrogen-bond acceptors (Lipinski definition) is 4. The van der Waals surface area contributed by atoms with Crippen molar-refractivity contribution in [3.63, 3.8) is 0 Å². The van der Waals surface area contributed by atoms with Crippen LogP contribution in [0.3, 0.4) is 0 Å². The summed E-state index contributed by atoms with van der Waals surface area (Å²) < 4.78 is 5.30. The van der Waals surface area contributed by atoms with Crippen LogP contribution in [0.1, 0.15) is 64.1 Å². The first-order chi connectivity index (χ1) is 10.6. The van der Waals surface area contributed by atoms with Crippen molar-refractivity contribution in [2.45, 2.75) is 53.0 Å². The molecule has 4 heteroatoms. The van der Waals surface area contributed by atoms with Crippen LogP contribution in [0, 0.1) is 0 Å². The molecule has 0 spiro atoms. The van der Waals surface area contributed by atoms with Crippen molar-refractivity contribution in [1.29, 1.82) is 0 Å². The first kappa shape index (κ1) is 16.5. The smallest absolute Gasteiger partial charge is 0.354 e. The van der Waals surface area contributed by atoms with Gasteiger partial charge in [-0.05, 0) is 44.4 Å². The molecule has 0 bridgehead atoms. The predicted molar refractivity (Wildman–Crippen MR) is 88.1 cm³/mol. The van der Waals surface area contributed by atoms with Crippen molar-refractivity contribution in [2.75, 3.05) is 13.2 Å². The van der Waals surface area contributed by atoms with Gasteiger partial charge in [0.1, 0.15) is 5.70 Å². The number of esters is 1. The Bertz CT molecular complexity index is 566. The molecule has 0 aliphatic carbocycles. The van der Waals surface area contributed by atoms with Gasteiger partial charge in [-0.25, -0.2) is 4.79 Å². The van der Waals surface area contributed by atoms with Gasteiger partial charge in [0, 0.05) is 24.5 Å². The van der Waals surface area contributed by atoms with Crippen LogP contribution in [0.25, 0.3) is 5.57 Å². The van der Waals surface area contributed by atoms with E-state index in [1.54, 1.807) is 6.20 Å². The molecule has 0 saturated carbocycles. The van der Waals surface area contributed by atoms with Crippen LogP contribution >= 0.6 is 0 Å². The number of carbonyl (C=O) groups is 1. The highest BCUT2D eigenvalue weighted by atomic mass is 16.5. The van der Waals surface area contributed by atoms with Crippen molar-refractivity contribution in [2.24, 2.45) is 0 Å². The second kappa shape index (κ2) is 7.43. The van der Waals surface area contributed by atoms with Crippen molar-refractivity contribution in [3.8, 4) is 0 Å². The quantitative estimate of drug-likeness (QED) is 0.589. The fraction of sp³-hybridized carbons (Fsp3) is 0.556. The van der Waals surface area contributed by atoms with Crippen LogP contribution in [0.4, 0.5) is 0 Å². The molecule has 1 atom stereocenters. The molecule has 0 aromatic carbocycles. The van der Waals surface area contributed by atoms with E-state index in [-0.39, 0.29) is 12.0 Å². The van der Waals surface area contributed by atoms with Gasteiger partial charge >= 0.3 is 5.97 Å². The lowest BCUT2D eigenvalue weighted by molar-refractivity contribution is -0.140. The number of fused-ring (bicyclic) bond motifs is 1. The van der Waals surface area contributed by atoms with E-state index in [4.69, 9.17) is 4.74 Å². The first-order valence-electron chi connectivity index (χ1n) is 8.20. The number of ether oxygens (including phenoxy) is 1. The van der Waals surface area contributed by atoms with E-state index in [2.05, 4.69) is 23.7 Å². The minimum atomic E-state index is -0.217. The van der Waals surface area contributed by atoms with E-state index in [1.165, 1.54) is 5.56 Å². The molecule has 0 amide bonds. The summed E-state index contributed by atoms with van der Waals surface area (Å²) in [5.74, 6) is -0.217. The monoisotopic (exact) mass is 302 g/mol. The molecule has 0 radical (unpaired) electrons. The summed E-state index contributed by atoms with van der Waals surface area (Å²) in [6.45, 7) is 9.44. The normalized spacial score (nSPS) is 17.5. The second-order valence-corrected chi connectivity index (χ2v) is 5.73. The van der Waals surface area contributed by atoms with E-state index in [1.807, 2.05) is 26.1 Å². The first-order valence-corrected chi connectivity index (χ1v) is 8.20. The van der Waals surface area contributed by atoms with Gasteiger partial charge in [0.15, 0.2) is 0 Å². The molecular weight excluding hydrogens is 276 g/mol. The van der Waals surface area contributed by atoms with Crippen LogP contribution in [0.15, 0.2) is 24.2 Å². The SMILES string of the molecule is CCCCCN1C(C(=O)OCC)=C(C)c2ccncc2C1C. The highest BCUT2D eigenvalue weighted by Crippen LogP contribution is 2.38. The molecule has 22 heavy (non-hydrogen) atoms. The van der Waals surface area contributed by atoms with Crippen molar-refractivity contribution >= 4 is 11.5 Å². The van der Waals surface area contributed by atoms with Gasteiger partial charge in [0.25, 0.3) is 0 Å². The third kappa shape index (κ3) is 3.16. The van der Waals surface area contributed by atoms with Gasteiger partial charge in [-0.1, -0.05) is 19.8 Å². The van der Waals surface area contributed by atoms with Crippen LogP contribution in [0.5, 0.6) is 0 Å². The molecule has 0 saturated heterocycles. The zero-order valence-corrected chi connectivity index (χ0v) is 14.1. The zero-order chi connectivity index (χ0) is 16.1. The number of pyridine rings is 1. The Labute approximate surface area is 133 Å². The molecule has 120 valence electrons. The lowest BCUT2D eigenvalue weighted by Crippen LogP contribution is -2.36. The fourth-order valence-electron chi connectivity index (χ4n) is 3.09. The van der Waals surface area contributed by atoms with Gasteiger partial charge in [-0.2, -0.15) is 0 Å². The third-order valence-corrected chi connectivity index (χ3v) is 4.29. The van der Waals surface area contributed by atoms with Crippen molar-refractivity contribution in [1.82, 2.24) is 9.88 Å². The third-order valence-electron chi connectivity index (χ3n) is 4.29. The molecule has 4 nitrogen and oxygen atoms in total. The Hall–Kier alpha value is -1.84. The highest BCUT2D eigenvalue weighted by Gasteiger charge is 2.32. The molecule has 0 fully saturated rings. The Morgan fingerprint density at radius 2 is 2.14 bits per heavy atom. The summed E-state index contributed by atoms with van der Waals surface area (Å²) in [4.78, 5) is 18.9. The van der Waals surface area contributed by atoms with Gasteiger partial charge in [0.2, 0.25) is 0 Å². The minimum Gasteiger partial charge on any atom is -0.461 e. The van der Waals surface area contributed by atoms with Gasteiger partial charge in [-0.15, -0.1) is 0 Å². The minimum absolute atomic E-state index is 0.142. The van der Waals surface area contributed by atoms with Crippen LogP contribution in [-0.2, 0) is 9.53 Å². The molecule has 1 aromatic rings. The van der Waals surface area contributed by atoms with E-state index >= 15 is 0 Å². The Balaban J connectivity index is 2.42. The summed E-state index contributed by atoms with van der Waals surface area (Å²) in [6, 6.07) is 2.13. The zero-order valence-electron chi connectivity index (χ0n) is 14.1. The summed E-state index contributed by atoms with van der Waals surface area (Å²) in [6.07, 6.45) is 7.10. The largest absolute Gasteiger partial charge is 0.461 e. The second-order valence-electron chi connectivity index (χ2n) is 5.73. The molecule has 1 aliphatic rings. The maximum absolute atomic E-state index is 12.5. The van der Waals surface area contributed by atoms with E-state index < -0.39 is 0 Å². The molecule has 2 rings (SSSR count). The van der Waals surface area contributed by atoms with Crippen molar-refractivity contribution in [3.05, 3.63) is 35.3 Å². The number of hydrogen-bond donors (Lipinski definition) is 0. The number of aromatic nitrogens is 1. The Morgan fingerprint density at radius 1 is 1.36 bits per heavy atom. The Kier molecular flexibility index (Phi) is 5.58. The summed E-state index contributed by atoms with van der Waals surface area (Å²) in [5.41, 5.74) is 4.00. The van der Waals surface area contributed by atoms with Crippen LogP contribution in [0.2, 0.25) is 0 Å². The Morgan fingerprint density at radius 3 is 2.82 bits per heavy atom. The van der Waals surface area contributed by atoms with E-state index in [9.17, 15) is 4.79 Å². The lowest BCUT2D eigenvalue weighted by Gasteiger charge is -2.38. The number of allylic oxidation sites excluding steroid dienone is 1.